The van der Waals surface area contributed by atoms with Gasteiger partial charge in [0.1, 0.15) is 0 Å². The first-order valence-corrected chi connectivity index (χ1v) is 17.9. The van der Waals surface area contributed by atoms with Gasteiger partial charge >= 0.3 is 201 Å². The van der Waals surface area contributed by atoms with Crippen molar-refractivity contribution in [3.63, 3.8) is 0 Å². The van der Waals surface area contributed by atoms with Crippen LogP contribution in [0.3, 0.4) is 0 Å². The van der Waals surface area contributed by atoms with E-state index in [1.54, 1.807) is 45.3 Å². The van der Waals surface area contributed by atoms with Gasteiger partial charge in [0, 0.05) is 0 Å². The van der Waals surface area contributed by atoms with Crippen molar-refractivity contribution in [1.82, 2.24) is 0 Å². The summed E-state index contributed by atoms with van der Waals surface area (Å²) in [5.74, 6) is 0. The molecule has 0 aliphatic rings. The van der Waals surface area contributed by atoms with E-state index in [1.807, 2.05) is 0 Å². The third kappa shape index (κ3) is 3.64. The molecule has 0 aliphatic carbocycles. The fourth-order valence-corrected chi connectivity index (χ4v) is 23.7. The first kappa shape index (κ1) is 19.6. The molecule has 128 valence electrons. The molecule has 0 aliphatic heterocycles. The number of rotatable bonds is 4. The quantitative estimate of drug-likeness (QED) is 0.216. The van der Waals surface area contributed by atoms with Crippen molar-refractivity contribution in [2.24, 2.45) is 0 Å². The summed E-state index contributed by atoms with van der Waals surface area (Å²) in [7, 11) is 0. The van der Waals surface area contributed by atoms with Gasteiger partial charge in [-0.25, -0.2) is 0 Å². The molecular formula is C16H8Br4GeS4. The summed E-state index contributed by atoms with van der Waals surface area (Å²) >= 11 is 18.9. The first-order chi connectivity index (χ1) is 12.0. The van der Waals surface area contributed by atoms with Gasteiger partial charge in [-0.1, -0.05) is 0 Å². The summed E-state index contributed by atoms with van der Waals surface area (Å²) in [6, 6.07) is 9.31. The van der Waals surface area contributed by atoms with Crippen molar-refractivity contribution >= 4 is 140 Å². The van der Waals surface area contributed by atoms with Crippen LogP contribution < -0.4 is 17.6 Å². The van der Waals surface area contributed by atoms with Crippen LogP contribution >= 0.6 is 109 Å². The molecule has 4 heterocycles. The Kier molecular flexibility index (Phi) is 6.22. The van der Waals surface area contributed by atoms with Gasteiger partial charge in [0.05, 0.1) is 0 Å². The van der Waals surface area contributed by atoms with Crippen LogP contribution in [0.15, 0.2) is 60.9 Å². The zero-order chi connectivity index (χ0) is 17.6. The van der Waals surface area contributed by atoms with Crippen LogP contribution in [-0.2, 0) is 0 Å². The maximum absolute atomic E-state index is 3.69. The molecule has 0 N–H and O–H groups in total. The van der Waals surface area contributed by atoms with Crippen LogP contribution in [0.4, 0.5) is 0 Å². The predicted octanol–water partition coefficient (Wildman–Crippen LogP) is 6.36. The summed E-state index contributed by atoms with van der Waals surface area (Å²) in [6.07, 6.45) is 0. The Balaban J connectivity index is 2.11. The topological polar surface area (TPSA) is 0 Å². The van der Waals surface area contributed by atoms with Gasteiger partial charge in [0.15, 0.2) is 0 Å². The summed E-state index contributed by atoms with van der Waals surface area (Å²) in [6.45, 7) is 0. The third-order valence-corrected chi connectivity index (χ3v) is 21.5. The molecule has 0 atom stereocenters. The molecular weight excluding hydrogens is 713 g/mol. The number of hydrogen-bond donors (Lipinski definition) is 0. The molecule has 0 saturated heterocycles. The average Bonchev–Trinajstić information content (AvgIpc) is 3.33. The zero-order valence-electron chi connectivity index (χ0n) is 12.3. The second kappa shape index (κ2) is 7.95. The third-order valence-electron chi connectivity index (χ3n) is 4.00. The van der Waals surface area contributed by atoms with Crippen molar-refractivity contribution in [3.05, 3.63) is 60.9 Å². The molecule has 25 heavy (non-hydrogen) atoms. The SMILES string of the molecule is Brc1c[c]([Ge]([c]2csc(Br)c2)([c]2csc(Br)c2)[c]2csc(Br)c2)cs1. The van der Waals surface area contributed by atoms with E-state index in [0.29, 0.717) is 0 Å². The molecule has 0 nitrogen and oxygen atoms in total. The Morgan fingerprint density at radius 3 is 0.880 bits per heavy atom. The van der Waals surface area contributed by atoms with Crippen LogP contribution in [-0.4, -0.2) is 13.3 Å². The second-order valence-corrected chi connectivity index (χ2v) is 22.5. The van der Waals surface area contributed by atoms with Crippen molar-refractivity contribution in [3.8, 4) is 0 Å². The summed E-state index contributed by atoms with van der Waals surface area (Å²) in [5.41, 5.74) is 0. The Labute approximate surface area is 198 Å². The molecule has 0 aromatic carbocycles. The second-order valence-electron chi connectivity index (χ2n) is 5.31. The number of thiophene rings is 4. The molecule has 4 aromatic rings. The van der Waals surface area contributed by atoms with E-state index >= 15 is 0 Å². The fraction of sp³-hybridized carbons (Fsp3) is 0. The van der Waals surface area contributed by atoms with Gasteiger partial charge in [-0.3, -0.25) is 0 Å². The van der Waals surface area contributed by atoms with Crippen LogP contribution in [0.1, 0.15) is 0 Å². The Morgan fingerprint density at radius 1 is 0.480 bits per heavy atom. The Hall–Kier alpha value is 1.26. The minimum atomic E-state index is -2.98. The minimum absolute atomic E-state index is 1.19. The zero-order valence-corrected chi connectivity index (χ0v) is 24.0. The number of halogens is 4. The van der Waals surface area contributed by atoms with Gasteiger partial charge in [-0.05, 0) is 0 Å². The number of hydrogen-bond acceptors (Lipinski definition) is 4. The van der Waals surface area contributed by atoms with E-state index in [4.69, 9.17) is 0 Å². The Bertz CT molecular complexity index is 862. The predicted molar refractivity (Wildman–Crippen MR) is 132 cm³/mol. The van der Waals surface area contributed by atoms with Crippen LogP contribution in [0.2, 0.25) is 0 Å². The molecule has 0 radical (unpaired) electrons. The van der Waals surface area contributed by atoms with Gasteiger partial charge < -0.3 is 0 Å². The van der Waals surface area contributed by atoms with Crippen LogP contribution in [0.25, 0.3) is 0 Å². The van der Waals surface area contributed by atoms with Crippen molar-refractivity contribution in [1.29, 1.82) is 0 Å². The summed E-state index contributed by atoms with van der Waals surface area (Å²) < 4.78 is 10.6. The Morgan fingerprint density at radius 2 is 0.720 bits per heavy atom. The van der Waals surface area contributed by atoms with E-state index in [-0.39, 0.29) is 0 Å². The van der Waals surface area contributed by atoms with Gasteiger partial charge in [-0.2, -0.15) is 0 Å². The van der Waals surface area contributed by atoms with Crippen molar-refractivity contribution < 1.29 is 0 Å². The molecule has 4 rings (SSSR count). The van der Waals surface area contributed by atoms with Gasteiger partial charge in [0.2, 0.25) is 0 Å². The van der Waals surface area contributed by atoms with E-state index in [1.165, 1.54) is 32.7 Å². The van der Waals surface area contributed by atoms with Crippen molar-refractivity contribution in [2.75, 3.05) is 0 Å². The molecule has 0 spiro atoms. The average molecular weight is 721 g/mol. The monoisotopic (exact) mass is 718 g/mol. The molecule has 0 fully saturated rings. The fourth-order valence-electron chi connectivity index (χ4n) is 3.03. The molecule has 9 heteroatoms. The van der Waals surface area contributed by atoms with E-state index in [9.17, 15) is 0 Å². The standard InChI is InChI=1S/C16H8Br4GeS4/c17-13-1-9(5-22-13)21(10-2-14(18)23-6-10,11-3-15(19)24-7-11)12-4-16(20)25-8-12/h1-8H. The molecule has 4 aromatic heterocycles. The summed E-state index contributed by atoms with van der Waals surface area (Å²) in [5, 5.41) is 9.36. The van der Waals surface area contributed by atoms with Crippen LogP contribution in [0.5, 0.6) is 0 Å². The molecule has 0 bridgehead atoms. The van der Waals surface area contributed by atoms with E-state index in [0.717, 1.165) is 0 Å². The van der Waals surface area contributed by atoms with E-state index < -0.39 is 13.3 Å². The van der Waals surface area contributed by atoms with Gasteiger partial charge in [-0.15, -0.1) is 0 Å². The molecule has 0 unspecified atom stereocenters. The maximum atomic E-state index is 3.69. The summed E-state index contributed by atoms with van der Waals surface area (Å²) in [4.78, 5) is 0. The van der Waals surface area contributed by atoms with E-state index in [2.05, 4.69) is 110 Å². The molecule has 0 saturated carbocycles. The normalized spacial score (nSPS) is 12.0. The first-order valence-electron chi connectivity index (χ1n) is 6.98. The molecule has 0 amide bonds. The van der Waals surface area contributed by atoms with Crippen LogP contribution in [0, 0.1) is 0 Å². The van der Waals surface area contributed by atoms with Gasteiger partial charge in [0.25, 0.3) is 0 Å². The van der Waals surface area contributed by atoms with Crippen molar-refractivity contribution in [2.45, 2.75) is 0 Å².